The first kappa shape index (κ1) is 18.9. The molecule has 3 rings (SSSR count). The molecule has 0 heterocycles. The maximum absolute atomic E-state index is 12.5. The highest BCUT2D eigenvalue weighted by Crippen LogP contribution is 2.38. The summed E-state index contributed by atoms with van der Waals surface area (Å²) < 4.78 is 5.20. The van der Waals surface area contributed by atoms with Gasteiger partial charge in [-0.1, -0.05) is 12.1 Å². The number of anilines is 1. The second kappa shape index (κ2) is 8.24. The fourth-order valence-electron chi connectivity index (χ4n) is 3.90. The van der Waals surface area contributed by atoms with Gasteiger partial charge in [-0.2, -0.15) is 5.10 Å². The summed E-state index contributed by atoms with van der Waals surface area (Å²) in [5.74, 6) is -1.23. The van der Waals surface area contributed by atoms with Crippen LogP contribution in [-0.2, 0) is 35.2 Å². The summed E-state index contributed by atoms with van der Waals surface area (Å²) in [4.78, 5) is 24.0. The van der Waals surface area contributed by atoms with Gasteiger partial charge in [0.05, 0.1) is 12.2 Å². The number of ether oxygens (including phenoxy) is 1. The maximum atomic E-state index is 12.5. The zero-order chi connectivity index (χ0) is 19.4. The molecule has 0 aliphatic heterocycles. The number of carbonyl (C=O) groups excluding carboxylic acids is 1. The second-order valence-corrected chi connectivity index (χ2v) is 6.84. The summed E-state index contributed by atoms with van der Waals surface area (Å²) >= 11 is 0. The van der Waals surface area contributed by atoms with Crippen LogP contribution in [0.5, 0.6) is 0 Å². The number of hydrogen-bond donors (Lipinski definition) is 2. The van der Waals surface area contributed by atoms with Crippen molar-refractivity contribution in [3.05, 3.63) is 40.6 Å². The number of hydrogen-bond acceptors (Lipinski definition) is 5. The highest BCUT2D eigenvalue weighted by molar-refractivity contribution is 5.90. The Morgan fingerprint density at radius 3 is 2.44 bits per heavy atom. The van der Waals surface area contributed by atoms with Crippen LogP contribution in [0.2, 0.25) is 0 Å². The molecule has 2 aliphatic carbocycles. The molecule has 0 saturated heterocycles. The number of nitrogens with zero attached hydrogens (tertiary/aromatic N) is 2. The molecule has 0 bridgehead atoms. The molecule has 0 radical (unpaired) electrons. The summed E-state index contributed by atoms with van der Waals surface area (Å²) in [6.45, 7) is 5.06. The van der Waals surface area contributed by atoms with E-state index < -0.39 is 18.2 Å². The van der Waals surface area contributed by atoms with Crippen molar-refractivity contribution in [1.29, 1.82) is 0 Å². The fraction of sp³-hybridized carbons (Fsp3) is 0.450. The zero-order valence-corrected chi connectivity index (χ0v) is 15.5. The Kier molecular flexibility index (Phi) is 5.78. The summed E-state index contributed by atoms with van der Waals surface area (Å²) in [6, 6.07) is 2.27. The zero-order valence-electron chi connectivity index (χ0n) is 15.5. The third-order valence-corrected chi connectivity index (χ3v) is 5.08. The molecular formula is C20H25N3O4. The molecule has 1 amide bonds. The Balaban J connectivity index is 1.75. The minimum atomic E-state index is -1.35. The molecule has 1 unspecified atom stereocenters. The number of nitrogens with one attached hydrogen (secondary N) is 1. The number of aryl methyl sites for hydroxylation is 2. The maximum Gasteiger partial charge on any atom is 0.412 e. The lowest BCUT2D eigenvalue weighted by molar-refractivity contribution is -0.147. The highest BCUT2D eigenvalue weighted by Gasteiger charge is 2.28. The number of allylic oxidation sites excluding steroid dienone is 1. The van der Waals surface area contributed by atoms with E-state index in [-0.39, 0.29) is 6.54 Å². The normalized spacial score (nSPS) is 15.9. The van der Waals surface area contributed by atoms with E-state index in [4.69, 9.17) is 4.74 Å². The molecule has 0 aromatic heterocycles. The number of hydrazone groups is 1. The summed E-state index contributed by atoms with van der Waals surface area (Å²) in [5, 5.41) is 17.3. The fourth-order valence-corrected chi connectivity index (χ4v) is 3.90. The van der Waals surface area contributed by atoms with Gasteiger partial charge in [-0.3, -0.25) is 10.3 Å². The van der Waals surface area contributed by atoms with Gasteiger partial charge in [-0.25, -0.2) is 9.59 Å². The molecule has 1 aromatic carbocycles. The van der Waals surface area contributed by atoms with Crippen molar-refractivity contribution < 1.29 is 19.4 Å². The van der Waals surface area contributed by atoms with E-state index in [1.54, 1.807) is 19.2 Å². The van der Waals surface area contributed by atoms with Crippen molar-refractivity contribution in [2.24, 2.45) is 5.10 Å². The molecule has 0 fully saturated rings. The molecule has 1 atom stereocenters. The predicted octanol–water partition coefficient (Wildman–Crippen LogP) is 3.12. The van der Waals surface area contributed by atoms with E-state index in [1.807, 2.05) is 0 Å². The van der Waals surface area contributed by atoms with Crippen molar-refractivity contribution in [2.45, 2.75) is 51.6 Å². The van der Waals surface area contributed by atoms with Crippen LogP contribution < -0.4 is 5.32 Å². The molecule has 1 aromatic rings. The molecular weight excluding hydrogens is 346 g/mol. The van der Waals surface area contributed by atoms with Crippen LogP contribution in [-0.4, -0.2) is 41.5 Å². The molecule has 0 spiro atoms. The Bertz CT molecular complexity index is 756. The standard InChI is InChI=1S/C20H25N3O4/c1-3-10-23(21-2)12-17(19(24)25)27-20(26)22-18-15-8-4-6-13(15)11-14-7-5-9-16(14)18/h3,10-11,17H,2,4-9,12H2,1H3,(H,22,26)(H,24,25)/b10-3-. The van der Waals surface area contributed by atoms with Gasteiger partial charge in [-0.05, 0) is 67.7 Å². The molecule has 27 heavy (non-hydrogen) atoms. The lowest BCUT2D eigenvalue weighted by atomic mass is 9.99. The topological polar surface area (TPSA) is 91.2 Å². The van der Waals surface area contributed by atoms with E-state index in [0.29, 0.717) is 0 Å². The molecule has 144 valence electrons. The van der Waals surface area contributed by atoms with Gasteiger partial charge in [0, 0.05) is 12.9 Å². The van der Waals surface area contributed by atoms with Crippen molar-refractivity contribution in [3.8, 4) is 0 Å². The average molecular weight is 371 g/mol. The Morgan fingerprint density at radius 1 is 1.30 bits per heavy atom. The quantitative estimate of drug-likeness (QED) is 0.568. The largest absolute Gasteiger partial charge is 0.478 e. The van der Waals surface area contributed by atoms with Gasteiger partial charge >= 0.3 is 12.1 Å². The smallest absolute Gasteiger partial charge is 0.412 e. The Labute approximate surface area is 158 Å². The average Bonchev–Trinajstić information content (AvgIpc) is 3.29. The second-order valence-electron chi connectivity index (χ2n) is 6.84. The number of benzene rings is 1. The molecule has 7 nitrogen and oxygen atoms in total. The van der Waals surface area contributed by atoms with Crippen molar-refractivity contribution >= 4 is 24.5 Å². The number of rotatable bonds is 7. The number of carboxylic acid groups (broad SMARTS) is 1. The first-order valence-electron chi connectivity index (χ1n) is 9.26. The third-order valence-electron chi connectivity index (χ3n) is 5.08. The van der Waals surface area contributed by atoms with Crippen LogP contribution >= 0.6 is 0 Å². The minimum absolute atomic E-state index is 0.110. The lowest BCUT2D eigenvalue weighted by Gasteiger charge is -2.21. The number of amides is 1. The predicted molar refractivity (Wildman–Crippen MR) is 103 cm³/mol. The van der Waals surface area contributed by atoms with Gasteiger partial charge in [-0.15, -0.1) is 0 Å². The van der Waals surface area contributed by atoms with E-state index in [0.717, 1.165) is 44.2 Å². The highest BCUT2D eigenvalue weighted by atomic mass is 16.6. The summed E-state index contributed by atoms with van der Waals surface area (Å²) in [7, 11) is 0. The van der Waals surface area contributed by atoms with E-state index >= 15 is 0 Å². The first-order valence-corrected chi connectivity index (χ1v) is 9.26. The summed E-state index contributed by atoms with van der Waals surface area (Å²) in [6.07, 6.45) is 7.21. The molecule has 0 saturated carbocycles. The van der Waals surface area contributed by atoms with Crippen molar-refractivity contribution in [1.82, 2.24) is 5.01 Å². The van der Waals surface area contributed by atoms with Crippen LogP contribution in [0.4, 0.5) is 10.5 Å². The monoisotopic (exact) mass is 371 g/mol. The lowest BCUT2D eigenvalue weighted by Crippen LogP contribution is -2.37. The van der Waals surface area contributed by atoms with Crippen LogP contribution in [0.1, 0.15) is 42.0 Å². The van der Waals surface area contributed by atoms with Gasteiger partial charge in [0.2, 0.25) is 6.10 Å². The molecule has 2 aliphatic rings. The number of aliphatic carboxylic acids is 1. The Hall–Kier alpha value is -2.83. The first-order chi connectivity index (χ1) is 13.0. The van der Waals surface area contributed by atoms with Crippen LogP contribution in [0.25, 0.3) is 0 Å². The van der Waals surface area contributed by atoms with E-state index in [9.17, 15) is 14.7 Å². The van der Waals surface area contributed by atoms with Crippen LogP contribution in [0.15, 0.2) is 23.4 Å². The van der Waals surface area contributed by atoms with Gasteiger partial charge in [0.1, 0.15) is 0 Å². The molecule has 7 heteroatoms. The van der Waals surface area contributed by atoms with E-state index in [2.05, 4.69) is 23.2 Å². The van der Waals surface area contributed by atoms with Gasteiger partial charge in [0.15, 0.2) is 0 Å². The van der Waals surface area contributed by atoms with Gasteiger partial charge < -0.3 is 9.84 Å². The van der Waals surface area contributed by atoms with Crippen molar-refractivity contribution in [2.75, 3.05) is 11.9 Å². The number of carbonyl (C=O) groups is 2. The SMILES string of the molecule is C=NN(/C=C\C)CC(OC(=O)Nc1c2c(cc3c1CCC3)CCC2)C(=O)O. The van der Waals surface area contributed by atoms with Crippen LogP contribution in [0.3, 0.4) is 0 Å². The molecule has 2 N–H and O–H groups in total. The van der Waals surface area contributed by atoms with Crippen LogP contribution in [0, 0.1) is 0 Å². The van der Waals surface area contributed by atoms with Gasteiger partial charge in [0.25, 0.3) is 0 Å². The van der Waals surface area contributed by atoms with E-state index in [1.165, 1.54) is 27.3 Å². The number of fused-ring (bicyclic) bond motifs is 2. The third kappa shape index (κ3) is 4.13. The summed E-state index contributed by atoms with van der Waals surface area (Å²) in [5.41, 5.74) is 5.75. The Morgan fingerprint density at radius 2 is 1.93 bits per heavy atom. The van der Waals surface area contributed by atoms with Crippen molar-refractivity contribution in [3.63, 3.8) is 0 Å². The minimum Gasteiger partial charge on any atom is -0.478 e. The number of carboxylic acids is 1.